The highest BCUT2D eigenvalue weighted by molar-refractivity contribution is 5.90. The number of hydrogen-bond acceptors (Lipinski definition) is 10. The molecule has 2 aliphatic rings. The zero-order valence-corrected chi connectivity index (χ0v) is 20.1. The fourth-order valence-electron chi connectivity index (χ4n) is 3.95. The third-order valence-electron chi connectivity index (χ3n) is 5.89. The summed E-state index contributed by atoms with van der Waals surface area (Å²) in [7, 11) is 0. The first-order chi connectivity index (χ1) is 17.9. The monoisotopic (exact) mass is 512 g/mol. The maximum absolute atomic E-state index is 12.7. The summed E-state index contributed by atoms with van der Waals surface area (Å²) in [6.07, 6.45) is 0.112. The van der Waals surface area contributed by atoms with Gasteiger partial charge in [-0.05, 0) is 61.4 Å². The minimum atomic E-state index is -0.638. The Kier molecular flexibility index (Phi) is 8.76. The lowest BCUT2D eigenvalue weighted by Gasteiger charge is -2.17. The Hall–Kier alpha value is -3.89. The molecule has 0 bridgehead atoms. The summed E-state index contributed by atoms with van der Waals surface area (Å²) in [4.78, 5) is 36.0. The van der Waals surface area contributed by atoms with Crippen LogP contribution in [0.1, 0.15) is 33.6 Å². The Morgan fingerprint density at radius 1 is 0.838 bits per heavy atom. The molecular weight excluding hydrogens is 484 g/mol. The second-order valence-electron chi connectivity index (χ2n) is 8.48. The van der Waals surface area contributed by atoms with Crippen LogP contribution in [0.5, 0.6) is 11.5 Å². The third-order valence-corrected chi connectivity index (χ3v) is 5.89. The van der Waals surface area contributed by atoms with Crippen LogP contribution < -0.4 is 4.74 Å². The first-order valence-corrected chi connectivity index (χ1v) is 11.9. The molecule has 4 atom stereocenters. The molecule has 0 radical (unpaired) electrons. The lowest BCUT2D eigenvalue weighted by atomic mass is 10.1. The number of aromatic hydroxyl groups is 1. The Labute approximate surface area is 213 Å². The Morgan fingerprint density at radius 3 is 1.89 bits per heavy atom. The predicted octanol–water partition coefficient (Wildman–Crippen LogP) is 2.83. The van der Waals surface area contributed by atoms with E-state index in [1.165, 1.54) is 24.3 Å². The van der Waals surface area contributed by atoms with Crippen molar-refractivity contribution >= 4 is 17.9 Å². The zero-order chi connectivity index (χ0) is 26.2. The van der Waals surface area contributed by atoms with Gasteiger partial charge in [-0.25, -0.2) is 14.4 Å². The number of benzene rings is 2. The van der Waals surface area contributed by atoms with Crippen molar-refractivity contribution in [2.45, 2.75) is 37.3 Å². The van der Waals surface area contributed by atoms with Gasteiger partial charge in [0.05, 0.1) is 37.6 Å². The van der Waals surface area contributed by atoms with E-state index in [0.717, 1.165) is 6.08 Å². The van der Waals surface area contributed by atoms with E-state index < -0.39 is 42.3 Å². The highest BCUT2D eigenvalue weighted by Crippen LogP contribution is 2.31. The maximum atomic E-state index is 12.7. The summed E-state index contributed by atoms with van der Waals surface area (Å²) in [5.41, 5.74) is 0.643. The number of hydrogen-bond donors (Lipinski definition) is 1. The summed E-state index contributed by atoms with van der Waals surface area (Å²) < 4.78 is 33.1. The van der Waals surface area contributed by atoms with E-state index in [2.05, 4.69) is 6.58 Å². The molecule has 0 aromatic heterocycles. The van der Waals surface area contributed by atoms with Crippen LogP contribution in [0.2, 0.25) is 0 Å². The van der Waals surface area contributed by atoms with E-state index in [1.54, 1.807) is 24.3 Å². The van der Waals surface area contributed by atoms with Crippen LogP contribution in [0.25, 0.3) is 0 Å². The minimum Gasteiger partial charge on any atom is -0.508 e. The van der Waals surface area contributed by atoms with E-state index in [-0.39, 0.29) is 19.0 Å². The number of ether oxygens (including phenoxy) is 6. The fraction of sp³-hybridized carbons (Fsp3) is 0.370. The first kappa shape index (κ1) is 26.2. The first-order valence-electron chi connectivity index (χ1n) is 11.9. The molecule has 1 N–H and O–H groups in total. The molecule has 10 heteroatoms. The molecule has 0 amide bonds. The topological polar surface area (TPSA) is 127 Å². The van der Waals surface area contributed by atoms with Crippen molar-refractivity contribution in [3.8, 4) is 11.5 Å². The molecule has 2 aromatic carbocycles. The summed E-state index contributed by atoms with van der Waals surface area (Å²) in [6.45, 7) is 4.32. The van der Waals surface area contributed by atoms with E-state index >= 15 is 0 Å². The molecule has 2 saturated heterocycles. The number of phenols is 1. The van der Waals surface area contributed by atoms with Crippen LogP contribution in [0.3, 0.4) is 0 Å². The van der Waals surface area contributed by atoms with E-state index in [0.29, 0.717) is 42.9 Å². The van der Waals surface area contributed by atoms with E-state index in [1.807, 2.05) is 0 Å². The van der Waals surface area contributed by atoms with Gasteiger partial charge in [0.1, 0.15) is 23.7 Å². The average Bonchev–Trinajstić information content (AvgIpc) is 3.49. The van der Waals surface area contributed by atoms with Gasteiger partial charge < -0.3 is 33.5 Å². The number of esters is 3. The number of carbonyl (C=O) groups is 3. The highest BCUT2D eigenvalue weighted by Gasteiger charge is 2.51. The van der Waals surface area contributed by atoms with Crippen LogP contribution in [0, 0.1) is 0 Å². The molecule has 0 saturated carbocycles. The van der Waals surface area contributed by atoms with E-state index in [9.17, 15) is 19.5 Å². The molecule has 2 fully saturated rings. The summed E-state index contributed by atoms with van der Waals surface area (Å²) in [5.74, 6) is -0.889. The summed E-state index contributed by atoms with van der Waals surface area (Å²) in [5, 5.41) is 9.37. The molecule has 4 rings (SSSR count). The smallest absolute Gasteiger partial charge is 0.338 e. The molecule has 10 nitrogen and oxygen atoms in total. The second-order valence-corrected chi connectivity index (χ2v) is 8.48. The van der Waals surface area contributed by atoms with Crippen molar-refractivity contribution in [3.05, 3.63) is 72.3 Å². The normalized spacial score (nSPS) is 22.1. The number of phenolic OH excluding ortho intramolecular Hbond substituents is 1. The number of unbranched alkanes of at least 4 members (excludes halogenated alkanes) is 1. The van der Waals surface area contributed by atoms with Crippen LogP contribution in [-0.2, 0) is 28.5 Å². The molecular formula is C27H28O10. The third kappa shape index (κ3) is 6.87. The maximum Gasteiger partial charge on any atom is 0.338 e. The lowest BCUT2D eigenvalue weighted by molar-refractivity contribution is -0.137. The molecule has 0 spiro atoms. The standard InChI is InChI=1S/C27H28O10/c1-2-23(29)33-14-4-3-13-32-20-11-7-18(8-12-20)27(31)37-22-16-35-24-21(15-34-25(22)24)36-26(30)17-5-9-19(28)10-6-17/h2,5-12,21-22,24-25,28H,1,3-4,13-16H2/t21-,22+,24-,25-/m1/s1. The number of fused-ring (bicyclic) bond motifs is 1. The Balaban J connectivity index is 1.20. The molecule has 37 heavy (non-hydrogen) atoms. The van der Waals surface area contributed by atoms with Gasteiger partial charge in [-0.2, -0.15) is 0 Å². The predicted molar refractivity (Wildman–Crippen MR) is 128 cm³/mol. The number of carbonyl (C=O) groups excluding carboxylic acids is 3. The van der Waals surface area contributed by atoms with Crippen molar-refractivity contribution in [2.24, 2.45) is 0 Å². The van der Waals surface area contributed by atoms with Gasteiger partial charge in [-0.15, -0.1) is 0 Å². The average molecular weight is 513 g/mol. The summed E-state index contributed by atoms with van der Waals surface area (Å²) >= 11 is 0. The largest absolute Gasteiger partial charge is 0.508 e. The van der Waals surface area contributed by atoms with Crippen LogP contribution in [0.15, 0.2) is 61.2 Å². The molecule has 196 valence electrons. The quantitative estimate of drug-likeness (QED) is 0.208. The number of rotatable bonds is 11. The fourth-order valence-corrected chi connectivity index (χ4v) is 3.95. The Bertz CT molecular complexity index is 1100. The minimum absolute atomic E-state index is 0.0486. The molecule has 2 aliphatic heterocycles. The van der Waals surface area contributed by atoms with Gasteiger partial charge in [-0.1, -0.05) is 6.58 Å². The van der Waals surface area contributed by atoms with Crippen LogP contribution in [-0.4, -0.2) is 73.9 Å². The van der Waals surface area contributed by atoms with Gasteiger partial charge in [0.2, 0.25) is 0 Å². The van der Waals surface area contributed by atoms with Crippen molar-refractivity contribution in [1.29, 1.82) is 0 Å². The van der Waals surface area contributed by atoms with Crippen molar-refractivity contribution < 1.29 is 47.9 Å². The van der Waals surface area contributed by atoms with E-state index in [4.69, 9.17) is 28.4 Å². The van der Waals surface area contributed by atoms with Crippen LogP contribution >= 0.6 is 0 Å². The van der Waals surface area contributed by atoms with Gasteiger partial charge >= 0.3 is 17.9 Å². The second kappa shape index (κ2) is 12.4. The molecule has 0 aliphatic carbocycles. The van der Waals surface area contributed by atoms with Gasteiger partial charge in [0.25, 0.3) is 0 Å². The van der Waals surface area contributed by atoms with Crippen molar-refractivity contribution in [1.82, 2.24) is 0 Å². The summed E-state index contributed by atoms with van der Waals surface area (Å²) in [6, 6.07) is 12.3. The van der Waals surface area contributed by atoms with Crippen LogP contribution in [0.4, 0.5) is 0 Å². The molecule has 0 unspecified atom stereocenters. The van der Waals surface area contributed by atoms with Crippen molar-refractivity contribution in [2.75, 3.05) is 26.4 Å². The highest BCUT2D eigenvalue weighted by atomic mass is 16.7. The van der Waals surface area contributed by atoms with Crippen molar-refractivity contribution in [3.63, 3.8) is 0 Å². The van der Waals surface area contributed by atoms with Gasteiger partial charge in [-0.3, -0.25) is 0 Å². The molecule has 2 heterocycles. The molecule has 2 aromatic rings. The van der Waals surface area contributed by atoms with Gasteiger partial charge in [0, 0.05) is 6.08 Å². The SMILES string of the molecule is C=CC(=O)OCCCCOc1ccc(C(=O)O[C@H]2CO[C@H]3[C@@H]2OC[C@H]3OC(=O)c2ccc(O)cc2)cc1. The Morgan fingerprint density at radius 2 is 1.35 bits per heavy atom. The van der Waals surface area contributed by atoms with Gasteiger partial charge in [0.15, 0.2) is 12.2 Å². The zero-order valence-electron chi connectivity index (χ0n) is 20.1. The lowest BCUT2D eigenvalue weighted by Crippen LogP contribution is -2.36.